The van der Waals surface area contributed by atoms with Gasteiger partial charge in [-0.2, -0.15) is 0 Å². The van der Waals surface area contributed by atoms with Gasteiger partial charge in [0.2, 0.25) is 5.95 Å². The summed E-state index contributed by atoms with van der Waals surface area (Å²) in [6, 6.07) is 19.8. The summed E-state index contributed by atoms with van der Waals surface area (Å²) in [6.07, 6.45) is 1.67. The van der Waals surface area contributed by atoms with Crippen LogP contribution in [0.1, 0.15) is 5.76 Å². The first-order valence-corrected chi connectivity index (χ1v) is 9.19. The first kappa shape index (κ1) is 16.7. The average Bonchev–Trinajstić information content (AvgIpc) is 3.30. The molecule has 2 aromatic carbocycles. The fourth-order valence-electron chi connectivity index (χ4n) is 2.80. The number of benzene rings is 2. The van der Waals surface area contributed by atoms with Crippen LogP contribution in [-0.2, 0) is 13.1 Å². The molecule has 0 amide bonds. The first-order valence-electron chi connectivity index (χ1n) is 8.39. The van der Waals surface area contributed by atoms with Crippen LogP contribution in [0.5, 0.6) is 5.75 Å². The maximum Gasteiger partial charge on any atom is 0.204 e. The van der Waals surface area contributed by atoms with Gasteiger partial charge in [-0.05, 0) is 48.5 Å². The third-order valence-electron chi connectivity index (χ3n) is 4.05. The van der Waals surface area contributed by atoms with Gasteiger partial charge in [0.1, 0.15) is 18.1 Å². The van der Waals surface area contributed by atoms with E-state index in [4.69, 9.17) is 14.1 Å². The second kappa shape index (κ2) is 7.66. The zero-order chi connectivity index (χ0) is 17.8. The van der Waals surface area contributed by atoms with E-state index in [2.05, 4.69) is 31.9 Å². The van der Waals surface area contributed by atoms with Gasteiger partial charge >= 0.3 is 0 Å². The van der Waals surface area contributed by atoms with Crippen molar-refractivity contribution < 1.29 is 9.15 Å². The average molecular weight is 412 g/mol. The molecule has 0 aliphatic heterocycles. The van der Waals surface area contributed by atoms with Crippen molar-refractivity contribution in [1.29, 1.82) is 0 Å². The van der Waals surface area contributed by atoms with E-state index in [-0.39, 0.29) is 0 Å². The second-order valence-electron chi connectivity index (χ2n) is 5.81. The highest BCUT2D eigenvalue weighted by Gasteiger charge is 2.10. The van der Waals surface area contributed by atoms with Gasteiger partial charge in [-0.15, -0.1) is 0 Å². The Balaban J connectivity index is 1.50. The van der Waals surface area contributed by atoms with Gasteiger partial charge < -0.3 is 19.0 Å². The summed E-state index contributed by atoms with van der Waals surface area (Å²) in [6.45, 7) is 1.83. The van der Waals surface area contributed by atoms with Crippen LogP contribution < -0.4 is 10.1 Å². The summed E-state index contributed by atoms with van der Waals surface area (Å²) < 4.78 is 14.4. The smallest absolute Gasteiger partial charge is 0.204 e. The van der Waals surface area contributed by atoms with E-state index in [1.54, 1.807) is 6.26 Å². The Labute approximate surface area is 159 Å². The number of hydrogen-bond acceptors (Lipinski definition) is 4. The Kier molecular flexibility index (Phi) is 4.93. The lowest BCUT2D eigenvalue weighted by atomic mass is 10.3. The Morgan fingerprint density at radius 1 is 1.04 bits per heavy atom. The number of halogens is 1. The molecule has 0 saturated heterocycles. The quantitative estimate of drug-likeness (QED) is 0.460. The molecule has 1 N–H and O–H groups in total. The number of anilines is 1. The van der Waals surface area contributed by atoms with E-state index in [1.165, 1.54) is 0 Å². The highest BCUT2D eigenvalue weighted by atomic mass is 79.9. The molecular formula is C20H18BrN3O2. The van der Waals surface area contributed by atoms with Gasteiger partial charge in [-0.3, -0.25) is 0 Å². The molecule has 0 bridgehead atoms. The van der Waals surface area contributed by atoms with Crippen molar-refractivity contribution >= 4 is 32.9 Å². The molecule has 0 atom stereocenters. The molecule has 0 fully saturated rings. The number of imidazole rings is 1. The predicted molar refractivity (Wildman–Crippen MR) is 105 cm³/mol. The Bertz CT molecular complexity index is 978. The Morgan fingerprint density at radius 3 is 2.69 bits per heavy atom. The highest BCUT2D eigenvalue weighted by molar-refractivity contribution is 9.10. The fraction of sp³-hybridized carbons (Fsp3) is 0.150. The van der Waals surface area contributed by atoms with Crippen molar-refractivity contribution in [2.24, 2.45) is 0 Å². The first-order chi connectivity index (χ1) is 12.8. The Morgan fingerprint density at radius 2 is 1.88 bits per heavy atom. The normalized spacial score (nSPS) is 11.0. The zero-order valence-electron chi connectivity index (χ0n) is 14.1. The van der Waals surface area contributed by atoms with Gasteiger partial charge in [0.25, 0.3) is 0 Å². The summed E-state index contributed by atoms with van der Waals surface area (Å²) in [5.74, 6) is 2.53. The van der Waals surface area contributed by atoms with Crippen LogP contribution >= 0.6 is 15.9 Å². The lowest BCUT2D eigenvalue weighted by molar-refractivity contribution is 0.301. The van der Waals surface area contributed by atoms with E-state index in [9.17, 15) is 0 Å². The molecule has 5 nitrogen and oxygen atoms in total. The molecule has 26 heavy (non-hydrogen) atoms. The summed E-state index contributed by atoms with van der Waals surface area (Å²) >= 11 is 3.43. The van der Waals surface area contributed by atoms with Crippen molar-refractivity contribution in [2.75, 3.05) is 11.9 Å². The van der Waals surface area contributed by atoms with E-state index in [1.807, 2.05) is 54.6 Å². The van der Waals surface area contributed by atoms with E-state index < -0.39 is 0 Å². The van der Waals surface area contributed by atoms with Crippen molar-refractivity contribution in [3.8, 4) is 5.75 Å². The molecule has 0 unspecified atom stereocenters. The molecule has 2 aromatic heterocycles. The molecule has 0 aliphatic carbocycles. The number of rotatable bonds is 7. The topological polar surface area (TPSA) is 52.2 Å². The van der Waals surface area contributed by atoms with Crippen LogP contribution in [0.25, 0.3) is 11.0 Å². The van der Waals surface area contributed by atoms with Crippen LogP contribution in [0, 0.1) is 0 Å². The lowest BCUT2D eigenvalue weighted by Gasteiger charge is -2.11. The minimum atomic E-state index is 0.553. The maximum atomic E-state index is 5.87. The monoisotopic (exact) mass is 411 g/mol. The zero-order valence-corrected chi connectivity index (χ0v) is 15.6. The number of hydrogen-bond donors (Lipinski definition) is 1. The predicted octanol–water partition coefficient (Wildman–Crippen LogP) is 5.08. The summed E-state index contributed by atoms with van der Waals surface area (Å²) in [7, 11) is 0. The maximum absolute atomic E-state index is 5.87. The number of nitrogens with one attached hydrogen (secondary N) is 1. The number of nitrogens with zero attached hydrogens (tertiary/aromatic N) is 2. The minimum absolute atomic E-state index is 0.553. The second-order valence-corrected chi connectivity index (χ2v) is 6.73. The molecule has 132 valence electrons. The van der Waals surface area contributed by atoms with Crippen molar-refractivity contribution in [3.05, 3.63) is 77.2 Å². The number of ether oxygens (including phenoxy) is 1. The van der Waals surface area contributed by atoms with Gasteiger partial charge in [-0.1, -0.05) is 28.1 Å². The molecule has 4 aromatic rings. The number of fused-ring (bicyclic) bond motifs is 1. The molecular weight excluding hydrogens is 394 g/mol. The van der Waals surface area contributed by atoms with E-state index in [0.29, 0.717) is 19.7 Å². The van der Waals surface area contributed by atoms with Crippen LogP contribution in [0.15, 0.2) is 75.8 Å². The highest BCUT2D eigenvalue weighted by Crippen LogP contribution is 2.21. The van der Waals surface area contributed by atoms with Crippen LogP contribution in [-0.4, -0.2) is 16.2 Å². The van der Waals surface area contributed by atoms with Gasteiger partial charge in [0.15, 0.2) is 0 Å². The number of para-hydroxylation sites is 2. The summed E-state index contributed by atoms with van der Waals surface area (Å²) in [4.78, 5) is 4.70. The van der Waals surface area contributed by atoms with Crippen LogP contribution in [0.2, 0.25) is 0 Å². The van der Waals surface area contributed by atoms with Crippen molar-refractivity contribution in [2.45, 2.75) is 13.1 Å². The molecule has 0 saturated carbocycles. The molecule has 6 heteroatoms. The largest absolute Gasteiger partial charge is 0.492 e. The molecule has 0 spiro atoms. The number of furan rings is 1. The van der Waals surface area contributed by atoms with Crippen molar-refractivity contribution in [1.82, 2.24) is 9.55 Å². The van der Waals surface area contributed by atoms with Crippen molar-refractivity contribution in [3.63, 3.8) is 0 Å². The number of aromatic nitrogens is 2. The van der Waals surface area contributed by atoms with E-state index in [0.717, 1.165) is 33.0 Å². The molecule has 0 aliphatic rings. The van der Waals surface area contributed by atoms with Crippen LogP contribution in [0.4, 0.5) is 5.95 Å². The van der Waals surface area contributed by atoms with Gasteiger partial charge in [0, 0.05) is 4.47 Å². The SMILES string of the molecule is Brc1ccc(OCCn2c(NCc3ccco3)nc3ccccc32)cc1. The summed E-state index contributed by atoms with van der Waals surface area (Å²) in [5.41, 5.74) is 2.03. The molecule has 4 rings (SSSR count). The van der Waals surface area contributed by atoms with E-state index >= 15 is 0 Å². The third-order valence-corrected chi connectivity index (χ3v) is 4.58. The van der Waals surface area contributed by atoms with Gasteiger partial charge in [0.05, 0.1) is 30.4 Å². The fourth-order valence-corrected chi connectivity index (χ4v) is 3.07. The molecule has 2 heterocycles. The Hall–Kier alpha value is -2.73. The van der Waals surface area contributed by atoms with Gasteiger partial charge in [-0.25, -0.2) is 4.98 Å². The standard InChI is InChI=1S/C20H18BrN3O2/c21-15-7-9-16(10-8-15)26-13-11-24-19-6-2-1-5-18(19)23-20(24)22-14-17-4-3-12-25-17/h1-10,12H,11,13-14H2,(H,22,23). The minimum Gasteiger partial charge on any atom is -0.492 e. The van der Waals surface area contributed by atoms with Crippen LogP contribution in [0.3, 0.4) is 0 Å². The summed E-state index contributed by atoms with van der Waals surface area (Å²) in [5, 5.41) is 3.36. The molecule has 0 radical (unpaired) electrons. The lowest BCUT2D eigenvalue weighted by Crippen LogP contribution is -2.12. The third kappa shape index (κ3) is 3.75.